The molecule has 10 aromatic rings. The zero-order valence-corrected chi connectivity index (χ0v) is 44.7. The Labute approximate surface area is 436 Å². The monoisotopic (exact) mass is 970 g/mol. The third-order valence-corrected chi connectivity index (χ3v) is 15.0. The average Bonchev–Trinajstić information content (AvgIpc) is 3.98. The first-order valence-corrected chi connectivity index (χ1v) is 25.9. The van der Waals surface area contributed by atoms with Crippen molar-refractivity contribution in [2.24, 2.45) is 0 Å². The van der Waals surface area contributed by atoms with Gasteiger partial charge in [-0.1, -0.05) is 132 Å². The van der Waals surface area contributed by atoms with Gasteiger partial charge in [0.2, 0.25) is 0 Å². The van der Waals surface area contributed by atoms with Crippen LogP contribution in [0.1, 0.15) is 105 Å². The van der Waals surface area contributed by atoms with E-state index in [1.165, 1.54) is 22.3 Å². The fraction of sp³-hybridized carbons (Fsp3) is 0.242. The van der Waals surface area contributed by atoms with E-state index < -0.39 is 0 Å². The molecule has 0 saturated heterocycles. The first-order chi connectivity index (χ1) is 35.1. The minimum atomic E-state index is -0.0741. The summed E-state index contributed by atoms with van der Waals surface area (Å²) < 4.78 is 27.0. The Morgan fingerprint density at radius 1 is 0.514 bits per heavy atom. The molecule has 74 heavy (non-hydrogen) atoms. The number of ether oxygens (including phenoxy) is 3. The lowest BCUT2D eigenvalue weighted by Crippen LogP contribution is -2.57. The number of pyridine rings is 1. The third kappa shape index (κ3) is 8.34. The van der Waals surface area contributed by atoms with Crippen LogP contribution in [-0.2, 0) is 21.7 Å². The highest BCUT2D eigenvalue weighted by atomic mass is 16.5. The number of fused-ring (bicyclic) bond motifs is 7. The van der Waals surface area contributed by atoms with Crippen LogP contribution in [0.15, 0.2) is 164 Å². The molecule has 12 rings (SSSR count). The molecule has 7 aromatic carbocycles. The molecule has 2 aliphatic heterocycles. The van der Waals surface area contributed by atoms with Gasteiger partial charge in [-0.15, -0.1) is 0 Å². The molecule has 0 spiro atoms. The van der Waals surface area contributed by atoms with Gasteiger partial charge in [0.1, 0.15) is 40.3 Å². The molecular weight excluding hydrogens is 908 g/mol. The molecule has 0 bridgehead atoms. The van der Waals surface area contributed by atoms with Crippen molar-refractivity contribution < 1.29 is 18.8 Å². The summed E-state index contributed by atoms with van der Waals surface area (Å²) in [6.45, 7) is 26.9. The minimum Gasteiger partial charge on any atom is -0.458 e. The maximum absolute atomic E-state index is 6.99. The van der Waals surface area contributed by atoms with Crippen molar-refractivity contribution in [3.05, 3.63) is 193 Å². The van der Waals surface area contributed by atoms with E-state index in [1.54, 1.807) is 0 Å². The summed E-state index contributed by atoms with van der Waals surface area (Å²) >= 11 is 0. The van der Waals surface area contributed by atoms with Crippen molar-refractivity contribution in [3.63, 3.8) is 0 Å². The van der Waals surface area contributed by atoms with E-state index >= 15 is 0 Å². The van der Waals surface area contributed by atoms with Crippen LogP contribution in [0.4, 0.5) is 0 Å². The Balaban J connectivity index is 0.953. The van der Waals surface area contributed by atoms with Gasteiger partial charge in [0.05, 0.1) is 22.4 Å². The smallest absolute Gasteiger partial charge is 0.268 e. The van der Waals surface area contributed by atoms with Gasteiger partial charge in [-0.2, -0.15) is 0 Å². The van der Waals surface area contributed by atoms with Crippen LogP contribution < -0.4 is 35.2 Å². The average molecular weight is 971 g/mol. The van der Waals surface area contributed by atoms with Gasteiger partial charge < -0.3 is 14.2 Å². The molecule has 8 heteroatoms. The number of benzene rings is 7. The number of nitrogens with zero attached hydrogens (tertiary/aromatic N) is 4. The van der Waals surface area contributed by atoms with Crippen molar-refractivity contribution in [1.29, 1.82) is 0 Å². The van der Waals surface area contributed by atoms with Gasteiger partial charge >= 0.3 is 0 Å². The molecule has 2 aliphatic rings. The summed E-state index contributed by atoms with van der Waals surface area (Å²) in [6, 6.07) is 52.2. The highest BCUT2D eigenvalue weighted by Gasteiger charge is 2.41. The molecule has 0 atom stereocenters. The summed E-state index contributed by atoms with van der Waals surface area (Å²) in [4.78, 5) is 5.02. The van der Waals surface area contributed by atoms with E-state index in [9.17, 15) is 0 Å². The highest BCUT2D eigenvalue weighted by Crippen LogP contribution is 2.43. The van der Waals surface area contributed by atoms with Gasteiger partial charge in [-0.3, -0.25) is 13.7 Å². The van der Waals surface area contributed by atoms with Crippen LogP contribution in [0.3, 0.4) is 0 Å². The fourth-order valence-corrected chi connectivity index (χ4v) is 10.6. The number of rotatable bonds is 6. The Bertz CT molecular complexity index is 3800. The predicted octanol–water partition coefficient (Wildman–Crippen LogP) is 14.4. The molecule has 3 aromatic heterocycles. The molecule has 0 radical (unpaired) electrons. The van der Waals surface area contributed by atoms with Crippen LogP contribution in [0.25, 0.3) is 50.1 Å². The molecule has 0 fully saturated rings. The Morgan fingerprint density at radius 3 is 1.80 bits per heavy atom. The van der Waals surface area contributed by atoms with Crippen LogP contribution in [0.2, 0.25) is 0 Å². The molecule has 0 saturated carbocycles. The molecule has 368 valence electrons. The minimum absolute atomic E-state index is 0.0267. The number of aromatic nitrogens is 4. The maximum atomic E-state index is 6.99. The maximum Gasteiger partial charge on any atom is 0.268 e. The molecule has 0 amide bonds. The second-order valence-corrected chi connectivity index (χ2v) is 24.5. The summed E-state index contributed by atoms with van der Waals surface area (Å²) in [5.74, 6) is 5.73. The normalized spacial score (nSPS) is 13.3. The van der Waals surface area contributed by atoms with Crippen LogP contribution >= 0.6 is 0 Å². The van der Waals surface area contributed by atoms with E-state index in [0.717, 1.165) is 101 Å². The molecule has 0 N–H and O–H groups in total. The van der Waals surface area contributed by atoms with E-state index in [0.29, 0.717) is 0 Å². The number of hydrogen-bond acceptors (Lipinski definition) is 4. The topological polar surface area (TPSA) is 54.3 Å². The van der Waals surface area contributed by atoms with Gasteiger partial charge in [0.15, 0.2) is 0 Å². The second-order valence-electron chi connectivity index (χ2n) is 24.5. The van der Waals surface area contributed by atoms with Crippen LogP contribution in [-0.4, -0.2) is 20.8 Å². The van der Waals surface area contributed by atoms with Crippen molar-refractivity contribution in [1.82, 2.24) is 14.1 Å². The SMILES string of the molecule is CC(C)(C)c1cccc(-[n+]2[c-]n(-c3cccc(Oc4ccc5c6cc(-c7cc8c9c(c7)Oc7cc(C(C)(C)C)ccc7B9c7ccc(C(C)(C)C)cc7O8)ccc6n(-c6cc(C(C)(C)C)ccn6)c5c4)c3)cc2)c1. The number of imidazole rings is 1. The quantitative estimate of drug-likeness (QED) is 0.0946. The Morgan fingerprint density at radius 2 is 1.14 bits per heavy atom. The molecule has 0 aliphatic carbocycles. The van der Waals surface area contributed by atoms with Gasteiger partial charge in [0.25, 0.3) is 13.0 Å². The second kappa shape index (κ2) is 16.9. The van der Waals surface area contributed by atoms with E-state index in [1.807, 2.05) is 39.9 Å². The fourth-order valence-electron chi connectivity index (χ4n) is 10.6. The van der Waals surface area contributed by atoms with Crippen molar-refractivity contribution in [2.45, 2.75) is 105 Å². The summed E-state index contributed by atoms with van der Waals surface area (Å²) in [5, 5.41) is 2.19. The van der Waals surface area contributed by atoms with Crippen molar-refractivity contribution >= 4 is 44.9 Å². The molecule has 0 unspecified atom stereocenters. The standard InChI is InChI=1S/C66H63BN4O3/c1-63(2,3)43-15-13-16-47(34-43)69-29-30-70(40-69)48-17-14-18-49(38-48)72-50-22-23-51-52-31-41(19-26-55(52)71(56(51)39-50)61-37-46(27-28-68-61)66(10,11)12)42-32-59-62-60(33-42)74-58-36-45(65(7,8)9)21-25-54(58)67(62)53-24-20-44(64(4,5)6)35-57(53)73-59/h13-39H,1-12H3. The van der Waals surface area contributed by atoms with Gasteiger partial charge in [-0.25, -0.2) is 4.98 Å². The lowest BCUT2D eigenvalue weighted by molar-refractivity contribution is -0.599. The third-order valence-electron chi connectivity index (χ3n) is 15.0. The Hall–Kier alpha value is -7.84. The largest absolute Gasteiger partial charge is 0.458 e. The van der Waals surface area contributed by atoms with Gasteiger partial charge in [0, 0.05) is 40.9 Å². The van der Waals surface area contributed by atoms with Crippen molar-refractivity contribution in [2.75, 3.05) is 0 Å². The van der Waals surface area contributed by atoms with Crippen LogP contribution in [0, 0.1) is 6.33 Å². The lowest BCUT2D eigenvalue weighted by Gasteiger charge is -2.35. The summed E-state index contributed by atoms with van der Waals surface area (Å²) in [5.41, 5.74) is 14.4. The zero-order chi connectivity index (χ0) is 51.6. The van der Waals surface area contributed by atoms with Crippen LogP contribution in [0.5, 0.6) is 34.5 Å². The molecule has 5 heterocycles. The van der Waals surface area contributed by atoms with E-state index in [4.69, 9.17) is 19.2 Å². The summed E-state index contributed by atoms with van der Waals surface area (Å²) in [6.07, 6.45) is 9.51. The lowest BCUT2D eigenvalue weighted by atomic mass is 9.34. The highest BCUT2D eigenvalue weighted by molar-refractivity contribution is 6.98. The molecule has 7 nitrogen and oxygen atoms in total. The zero-order valence-electron chi connectivity index (χ0n) is 44.7. The molecular formula is C66H63BN4O3. The van der Waals surface area contributed by atoms with Crippen molar-refractivity contribution in [3.8, 4) is 62.8 Å². The first kappa shape index (κ1) is 47.2. The predicted molar refractivity (Wildman–Crippen MR) is 303 cm³/mol. The Kier molecular flexibility index (Phi) is 10.7. The van der Waals surface area contributed by atoms with E-state index in [-0.39, 0.29) is 28.4 Å². The first-order valence-electron chi connectivity index (χ1n) is 25.9. The van der Waals surface area contributed by atoms with E-state index in [2.05, 4.69) is 227 Å². The summed E-state index contributed by atoms with van der Waals surface area (Å²) in [7, 11) is 0. The number of hydrogen-bond donors (Lipinski definition) is 0. The van der Waals surface area contributed by atoms with Gasteiger partial charge in [-0.05, 0) is 157 Å².